The van der Waals surface area contributed by atoms with E-state index in [0.29, 0.717) is 12.1 Å². The molecule has 0 aliphatic rings. The minimum atomic E-state index is -0.157. The normalized spacial score (nSPS) is 11.0. The van der Waals surface area contributed by atoms with Gasteiger partial charge in [0.25, 0.3) is 0 Å². The van der Waals surface area contributed by atoms with Gasteiger partial charge in [-0.1, -0.05) is 36.4 Å². The quantitative estimate of drug-likeness (QED) is 0.506. The van der Waals surface area contributed by atoms with Crippen molar-refractivity contribution in [3.05, 3.63) is 95.6 Å². The van der Waals surface area contributed by atoms with Crippen molar-refractivity contribution >= 4 is 5.69 Å². The van der Waals surface area contributed by atoms with Crippen LogP contribution in [0.4, 0.5) is 10.1 Å². The predicted molar refractivity (Wildman–Crippen MR) is 114 cm³/mol. The van der Waals surface area contributed by atoms with E-state index in [-0.39, 0.29) is 5.82 Å². The number of halogens is 1. The van der Waals surface area contributed by atoms with Crippen LogP contribution < -0.4 is 4.90 Å². The van der Waals surface area contributed by atoms with Crippen molar-refractivity contribution in [1.29, 1.82) is 0 Å². The minimum Gasteiger partial charge on any atom is -0.372 e. The molecule has 0 radical (unpaired) electrons. The van der Waals surface area contributed by atoms with Gasteiger partial charge in [0, 0.05) is 56.4 Å². The van der Waals surface area contributed by atoms with Gasteiger partial charge in [-0.05, 0) is 49.2 Å². The van der Waals surface area contributed by atoms with E-state index < -0.39 is 0 Å². The highest BCUT2D eigenvalue weighted by molar-refractivity contribution is 5.47. The highest BCUT2D eigenvalue weighted by Crippen LogP contribution is 2.19. The Kier molecular flexibility index (Phi) is 7.15. The molecular weight excluding hydrogens is 349 g/mol. The van der Waals surface area contributed by atoms with E-state index in [1.807, 2.05) is 24.4 Å². The van der Waals surface area contributed by atoms with Crippen molar-refractivity contribution in [2.45, 2.75) is 33.5 Å². The summed E-state index contributed by atoms with van der Waals surface area (Å²) in [4.78, 5) is 8.79. The second-order valence-electron chi connectivity index (χ2n) is 6.94. The zero-order valence-electron chi connectivity index (χ0n) is 16.7. The lowest BCUT2D eigenvalue weighted by Crippen LogP contribution is -2.23. The van der Waals surface area contributed by atoms with Crippen molar-refractivity contribution < 1.29 is 4.39 Å². The molecule has 0 spiro atoms. The number of hydrogen-bond acceptors (Lipinski definition) is 3. The molecule has 1 aromatic heterocycles. The number of anilines is 1. The van der Waals surface area contributed by atoms with Gasteiger partial charge >= 0.3 is 0 Å². The second-order valence-corrected chi connectivity index (χ2v) is 6.94. The predicted octanol–water partition coefficient (Wildman–Crippen LogP) is 5.27. The molecule has 0 saturated heterocycles. The molecule has 0 aliphatic carbocycles. The summed E-state index contributed by atoms with van der Waals surface area (Å²) >= 11 is 0. The molecule has 0 bridgehead atoms. The Balaban J connectivity index is 1.77. The Labute approximate surface area is 167 Å². The highest BCUT2D eigenvalue weighted by Gasteiger charge is 2.12. The van der Waals surface area contributed by atoms with Gasteiger partial charge in [0.15, 0.2) is 0 Å². The SMILES string of the molecule is CCN(CC)c1ccc(CN(Cc2cccnc2)Cc2ccccc2F)cc1. The van der Waals surface area contributed by atoms with Crippen molar-refractivity contribution in [2.24, 2.45) is 0 Å². The van der Waals surface area contributed by atoms with Crippen LogP contribution in [0.5, 0.6) is 0 Å². The molecule has 0 aliphatic heterocycles. The summed E-state index contributed by atoms with van der Waals surface area (Å²) in [6.45, 7) is 8.36. The number of nitrogens with zero attached hydrogens (tertiary/aromatic N) is 3. The molecule has 0 fully saturated rings. The number of benzene rings is 2. The van der Waals surface area contributed by atoms with Crippen LogP contribution in [-0.2, 0) is 19.6 Å². The van der Waals surface area contributed by atoms with Crippen molar-refractivity contribution in [3.63, 3.8) is 0 Å². The van der Waals surface area contributed by atoms with E-state index in [0.717, 1.165) is 31.7 Å². The molecule has 0 N–H and O–H groups in total. The maximum Gasteiger partial charge on any atom is 0.127 e. The molecule has 0 saturated carbocycles. The van der Waals surface area contributed by atoms with Crippen LogP contribution in [0, 0.1) is 5.82 Å². The number of aromatic nitrogens is 1. The van der Waals surface area contributed by atoms with E-state index in [9.17, 15) is 4.39 Å². The molecule has 146 valence electrons. The Morgan fingerprint density at radius 2 is 1.50 bits per heavy atom. The molecular formula is C24H28FN3. The molecule has 2 aromatic carbocycles. The van der Waals surface area contributed by atoms with Crippen molar-refractivity contribution in [3.8, 4) is 0 Å². The van der Waals surface area contributed by atoms with Gasteiger partial charge in [-0.3, -0.25) is 9.88 Å². The lowest BCUT2D eigenvalue weighted by atomic mass is 10.1. The third kappa shape index (κ3) is 5.40. The lowest BCUT2D eigenvalue weighted by molar-refractivity contribution is 0.244. The van der Waals surface area contributed by atoms with Crippen LogP contribution in [0.25, 0.3) is 0 Å². The van der Waals surface area contributed by atoms with Gasteiger partial charge in [0.05, 0.1) is 0 Å². The van der Waals surface area contributed by atoms with Gasteiger partial charge in [-0.25, -0.2) is 4.39 Å². The van der Waals surface area contributed by atoms with Crippen molar-refractivity contribution in [2.75, 3.05) is 18.0 Å². The summed E-state index contributed by atoms with van der Waals surface area (Å²) < 4.78 is 14.2. The summed E-state index contributed by atoms with van der Waals surface area (Å²) in [5.74, 6) is -0.157. The summed E-state index contributed by atoms with van der Waals surface area (Å²) in [5.41, 5.74) is 4.29. The molecule has 0 unspecified atom stereocenters. The highest BCUT2D eigenvalue weighted by atomic mass is 19.1. The van der Waals surface area contributed by atoms with Crippen LogP contribution in [0.15, 0.2) is 73.1 Å². The maximum absolute atomic E-state index is 14.2. The minimum absolute atomic E-state index is 0.157. The first-order valence-electron chi connectivity index (χ1n) is 9.88. The zero-order chi connectivity index (χ0) is 19.8. The molecule has 28 heavy (non-hydrogen) atoms. The number of hydrogen-bond donors (Lipinski definition) is 0. The topological polar surface area (TPSA) is 19.4 Å². The van der Waals surface area contributed by atoms with Crippen LogP contribution in [0.3, 0.4) is 0 Å². The second kappa shape index (κ2) is 10.00. The van der Waals surface area contributed by atoms with Gasteiger partial charge in [-0.2, -0.15) is 0 Å². The molecule has 0 atom stereocenters. The monoisotopic (exact) mass is 377 g/mol. The van der Waals surface area contributed by atoms with E-state index in [1.54, 1.807) is 12.3 Å². The van der Waals surface area contributed by atoms with Gasteiger partial charge in [-0.15, -0.1) is 0 Å². The average Bonchev–Trinajstić information content (AvgIpc) is 2.72. The fourth-order valence-corrected chi connectivity index (χ4v) is 3.44. The number of pyridine rings is 1. The molecule has 3 rings (SSSR count). The molecule has 3 nitrogen and oxygen atoms in total. The van der Waals surface area contributed by atoms with Gasteiger partial charge < -0.3 is 4.90 Å². The third-order valence-corrected chi connectivity index (χ3v) is 4.95. The number of rotatable bonds is 9. The Morgan fingerprint density at radius 3 is 2.14 bits per heavy atom. The summed E-state index contributed by atoms with van der Waals surface area (Å²) in [5, 5.41) is 0. The summed E-state index contributed by atoms with van der Waals surface area (Å²) in [6.07, 6.45) is 3.65. The van der Waals surface area contributed by atoms with Crippen LogP contribution in [0.1, 0.15) is 30.5 Å². The molecule has 3 aromatic rings. The standard InChI is InChI=1S/C24H28FN3/c1-3-28(4-2)23-13-11-20(12-14-23)17-27(18-21-8-7-15-26-16-21)19-22-9-5-6-10-24(22)25/h5-16H,3-4,17-19H2,1-2H3. The lowest BCUT2D eigenvalue weighted by Gasteiger charge is -2.24. The van der Waals surface area contributed by atoms with Crippen molar-refractivity contribution in [1.82, 2.24) is 9.88 Å². The largest absolute Gasteiger partial charge is 0.372 e. The van der Waals surface area contributed by atoms with Crippen LogP contribution >= 0.6 is 0 Å². The van der Waals surface area contributed by atoms with E-state index >= 15 is 0 Å². The average molecular weight is 378 g/mol. The summed E-state index contributed by atoms with van der Waals surface area (Å²) in [7, 11) is 0. The Hall–Kier alpha value is -2.72. The van der Waals surface area contributed by atoms with E-state index in [1.165, 1.54) is 17.3 Å². The van der Waals surface area contributed by atoms with Gasteiger partial charge in [0.2, 0.25) is 0 Å². The smallest absolute Gasteiger partial charge is 0.127 e. The zero-order valence-corrected chi connectivity index (χ0v) is 16.7. The Bertz CT molecular complexity index is 845. The fraction of sp³-hybridized carbons (Fsp3) is 0.292. The van der Waals surface area contributed by atoms with Gasteiger partial charge in [0.1, 0.15) is 5.82 Å². The first-order chi connectivity index (χ1) is 13.7. The van der Waals surface area contributed by atoms with E-state index in [4.69, 9.17) is 0 Å². The fourth-order valence-electron chi connectivity index (χ4n) is 3.44. The summed E-state index contributed by atoms with van der Waals surface area (Å²) in [6, 6.07) is 19.7. The first kappa shape index (κ1) is 20.0. The third-order valence-electron chi connectivity index (χ3n) is 4.95. The Morgan fingerprint density at radius 1 is 0.786 bits per heavy atom. The first-order valence-corrected chi connectivity index (χ1v) is 9.88. The maximum atomic E-state index is 14.2. The molecule has 1 heterocycles. The molecule has 0 amide bonds. The van der Waals surface area contributed by atoms with E-state index in [2.05, 4.69) is 59.0 Å². The van der Waals surface area contributed by atoms with Crippen LogP contribution in [-0.4, -0.2) is 23.0 Å². The molecule has 4 heteroatoms. The van der Waals surface area contributed by atoms with Crippen LogP contribution in [0.2, 0.25) is 0 Å².